The van der Waals surface area contributed by atoms with Crippen LogP contribution in [0.5, 0.6) is 0 Å². The smallest absolute Gasteiger partial charge is 0.272 e. The zero-order chi connectivity index (χ0) is 38.2. The summed E-state index contributed by atoms with van der Waals surface area (Å²) in [6, 6.07) is 13.5. The number of anilines is 4. The van der Waals surface area contributed by atoms with Gasteiger partial charge in [0.1, 0.15) is 22.8 Å². The zero-order valence-electron chi connectivity index (χ0n) is 29.2. The molecule has 5 rings (SSSR count). The van der Waals surface area contributed by atoms with Crippen LogP contribution in [-0.4, -0.2) is 67.2 Å². The van der Waals surface area contributed by atoms with Crippen molar-refractivity contribution in [3.63, 3.8) is 0 Å². The molecule has 1 aromatic carbocycles. The van der Waals surface area contributed by atoms with Gasteiger partial charge in [0.25, 0.3) is 23.6 Å². The van der Waals surface area contributed by atoms with E-state index in [2.05, 4.69) is 36.9 Å². The highest BCUT2D eigenvalue weighted by atomic mass is 16.2. The molecule has 53 heavy (non-hydrogen) atoms. The molecule has 276 valence electrons. The molecule has 0 aliphatic heterocycles. The number of H-pyrrole nitrogens is 1. The Balaban J connectivity index is 1.09. The van der Waals surface area contributed by atoms with E-state index in [4.69, 9.17) is 11.5 Å². The minimum Gasteiger partial charge on any atom is -0.355 e. The second-order valence-corrected chi connectivity index (χ2v) is 12.1. The van der Waals surface area contributed by atoms with Crippen molar-refractivity contribution >= 4 is 58.2 Å². The predicted molar refractivity (Wildman–Crippen MR) is 197 cm³/mol. The molecule has 6 amide bonds. The van der Waals surface area contributed by atoms with Crippen LogP contribution in [0.3, 0.4) is 0 Å². The summed E-state index contributed by atoms with van der Waals surface area (Å²) >= 11 is 0. The van der Waals surface area contributed by atoms with Crippen molar-refractivity contribution < 1.29 is 28.8 Å². The van der Waals surface area contributed by atoms with Gasteiger partial charge < -0.3 is 62.1 Å². The Morgan fingerprint density at radius 3 is 1.40 bits per heavy atom. The Hall–Kier alpha value is -6.92. The van der Waals surface area contributed by atoms with Crippen LogP contribution >= 0.6 is 0 Å². The third-order valence-corrected chi connectivity index (χ3v) is 8.02. The third-order valence-electron chi connectivity index (χ3n) is 8.02. The number of nitrogens with zero attached hydrogens (tertiary/aromatic N) is 3. The third kappa shape index (κ3) is 9.45. The average Bonchev–Trinajstić information content (AvgIpc) is 3.93. The Labute approximate surface area is 303 Å². The lowest BCUT2D eigenvalue weighted by Crippen LogP contribution is -2.25. The fourth-order valence-electron chi connectivity index (χ4n) is 5.31. The standard InChI is InChI=1S/C35H40N12O6/c1-45-18-24(43-32(50)26-8-22(16-38-26)41-30(48)12-36)10-27(45)33(51)39-14-20-4-6-21(7-5-20)15-40-34(52)28-11-25(19-46(28)2)44-35(53)29-9-23(17-47(29)3)42-31(49)13-37/h4-11,16-19,38H,12-15,36-37H2,1-3H3,(H,39,51)(H,40,52)(H,41,48)(H,42,49)(H,43,50)(H,44,53). The van der Waals surface area contributed by atoms with Crippen LogP contribution in [0.15, 0.2) is 73.3 Å². The molecule has 11 N–H and O–H groups in total. The highest BCUT2D eigenvalue weighted by molar-refractivity contribution is 6.06. The maximum absolute atomic E-state index is 13.0. The van der Waals surface area contributed by atoms with Gasteiger partial charge in [0.2, 0.25) is 11.8 Å². The van der Waals surface area contributed by atoms with Crippen LogP contribution in [0.25, 0.3) is 0 Å². The first-order chi connectivity index (χ1) is 25.3. The quantitative estimate of drug-likeness (QED) is 0.0802. The molecule has 0 saturated heterocycles. The highest BCUT2D eigenvalue weighted by Gasteiger charge is 2.18. The van der Waals surface area contributed by atoms with E-state index in [9.17, 15) is 28.8 Å². The fraction of sp³-hybridized carbons (Fsp3) is 0.200. The van der Waals surface area contributed by atoms with E-state index < -0.39 is 17.7 Å². The van der Waals surface area contributed by atoms with E-state index in [1.165, 1.54) is 18.3 Å². The van der Waals surface area contributed by atoms with Gasteiger partial charge in [-0.05, 0) is 35.4 Å². The molecule has 0 atom stereocenters. The number of benzene rings is 1. The predicted octanol–water partition coefficient (Wildman–Crippen LogP) is 1.19. The lowest BCUT2D eigenvalue weighted by molar-refractivity contribution is -0.115. The van der Waals surface area contributed by atoms with Gasteiger partial charge in [0.05, 0.1) is 35.8 Å². The number of carbonyl (C=O) groups is 6. The number of nitrogens with two attached hydrogens (primary N) is 2. The molecule has 5 aromatic rings. The number of rotatable bonds is 14. The average molecular weight is 725 g/mol. The molecular weight excluding hydrogens is 684 g/mol. The lowest BCUT2D eigenvalue weighted by atomic mass is 10.1. The Morgan fingerprint density at radius 2 is 0.943 bits per heavy atom. The number of aromatic nitrogens is 4. The number of aromatic amines is 1. The van der Waals surface area contributed by atoms with Crippen molar-refractivity contribution in [2.75, 3.05) is 34.4 Å². The SMILES string of the molecule is Cn1cc(NC(=O)c2cc(NC(=O)CN)c[nH]2)cc1C(=O)NCc1ccc(CNC(=O)c2cc(NC(=O)c3cc(NC(=O)CN)cn3C)cn2C)cc1. The second-order valence-electron chi connectivity index (χ2n) is 12.1. The Kier molecular flexibility index (Phi) is 11.6. The highest BCUT2D eigenvalue weighted by Crippen LogP contribution is 2.19. The Bertz CT molecular complexity index is 2170. The summed E-state index contributed by atoms with van der Waals surface area (Å²) in [5.41, 5.74) is 15.1. The number of aryl methyl sites for hydroxylation is 3. The molecule has 4 heterocycles. The molecule has 0 fully saturated rings. The van der Waals surface area contributed by atoms with Gasteiger partial charge in [0.15, 0.2) is 0 Å². The molecule has 0 aliphatic carbocycles. The second kappa shape index (κ2) is 16.4. The summed E-state index contributed by atoms with van der Waals surface area (Å²) in [4.78, 5) is 77.3. The summed E-state index contributed by atoms with van der Waals surface area (Å²) in [5.74, 6) is -2.35. The normalized spacial score (nSPS) is 10.7. The summed E-state index contributed by atoms with van der Waals surface area (Å²) in [6.45, 7) is 0.110. The fourth-order valence-corrected chi connectivity index (χ4v) is 5.31. The van der Waals surface area contributed by atoms with E-state index >= 15 is 0 Å². The van der Waals surface area contributed by atoms with Gasteiger partial charge in [0, 0.05) is 59.0 Å². The molecule has 0 aliphatic rings. The van der Waals surface area contributed by atoms with Crippen LogP contribution in [0.1, 0.15) is 53.1 Å². The molecule has 0 radical (unpaired) electrons. The van der Waals surface area contributed by atoms with Gasteiger partial charge in [-0.3, -0.25) is 28.8 Å². The van der Waals surface area contributed by atoms with Crippen LogP contribution in [0.2, 0.25) is 0 Å². The van der Waals surface area contributed by atoms with Gasteiger partial charge in [-0.1, -0.05) is 24.3 Å². The minimum atomic E-state index is -0.458. The van der Waals surface area contributed by atoms with Crippen molar-refractivity contribution in [2.45, 2.75) is 13.1 Å². The van der Waals surface area contributed by atoms with Crippen molar-refractivity contribution in [3.8, 4) is 0 Å². The van der Waals surface area contributed by atoms with Crippen LogP contribution < -0.4 is 43.4 Å². The maximum atomic E-state index is 13.0. The lowest BCUT2D eigenvalue weighted by Gasteiger charge is -2.09. The van der Waals surface area contributed by atoms with E-state index in [0.717, 1.165) is 11.1 Å². The molecule has 0 bridgehead atoms. The first-order valence-corrected chi connectivity index (χ1v) is 16.3. The minimum absolute atomic E-state index is 0.182. The van der Waals surface area contributed by atoms with Gasteiger partial charge in [-0.15, -0.1) is 0 Å². The molecule has 18 nitrogen and oxygen atoms in total. The van der Waals surface area contributed by atoms with Crippen LogP contribution in [-0.2, 0) is 43.8 Å². The topological polar surface area (TPSA) is 257 Å². The molecular formula is C35H40N12O6. The van der Waals surface area contributed by atoms with E-state index in [-0.39, 0.29) is 49.6 Å². The number of hydrogen-bond acceptors (Lipinski definition) is 8. The number of hydrogen-bond donors (Lipinski definition) is 9. The van der Waals surface area contributed by atoms with Crippen LogP contribution in [0.4, 0.5) is 22.7 Å². The first-order valence-electron chi connectivity index (χ1n) is 16.3. The van der Waals surface area contributed by atoms with Crippen LogP contribution in [0, 0.1) is 0 Å². The molecule has 18 heteroatoms. The monoisotopic (exact) mass is 724 g/mol. The van der Waals surface area contributed by atoms with Crippen molar-refractivity contribution in [1.82, 2.24) is 29.3 Å². The Morgan fingerprint density at radius 1 is 0.547 bits per heavy atom. The van der Waals surface area contributed by atoms with Crippen molar-refractivity contribution in [3.05, 3.63) is 107 Å². The van der Waals surface area contributed by atoms with E-state index in [1.54, 1.807) is 65.6 Å². The first kappa shape index (κ1) is 37.3. The molecule has 4 aromatic heterocycles. The summed E-state index contributed by atoms with van der Waals surface area (Å²) in [6.07, 6.45) is 6.29. The number of carbonyl (C=O) groups excluding carboxylic acids is 6. The molecule has 0 spiro atoms. The maximum Gasteiger partial charge on any atom is 0.272 e. The van der Waals surface area contributed by atoms with Gasteiger partial charge >= 0.3 is 0 Å². The van der Waals surface area contributed by atoms with Crippen molar-refractivity contribution in [2.24, 2.45) is 32.6 Å². The molecule has 0 saturated carbocycles. The van der Waals surface area contributed by atoms with Crippen molar-refractivity contribution in [1.29, 1.82) is 0 Å². The number of nitrogens with one attached hydrogen (secondary N) is 7. The van der Waals surface area contributed by atoms with Gasteiger partial charge in [-0.2, -0.15) is 0 Å². The van der Waals surface area contributed by atoms with E-state index in [1.807, 2.05) is 24.3 Å². The summed E-state index contributed by atoms with van der Waals surface area (Å²) in [7, 11) is 5.04. The largest absolute Gasteiger partial charge is 0.355 e. The molecule has 0 unspecified atom stereocenters. The summed E-state index contributed by atoms with van der Waals surface area (Å²) in [5, 5.41) is 16.4. The summed E-state index contributed by atoms with van der Waals surface area (Å²) < 4.78 is 4.76. The number of amides is 6. The zero-order valence-corrected chi connectivity index (χ0v) is 29.2. The van der Waals surface area contributed by atoms with Gasteiger partial charge in [-0.25, -0.2) is 0 Å². The van der Waals surface area contributed by atoms with E-state index in [0.29, 0.717) is 39.8 Å².